The molecule has 0 spiro atoms. The van der Waals surface area contributed by atoms with E-state index in [0.717, 1.165) is 63.5 Å². The van der Waals surface area contributed by atoms with Gasteiger partial charge in [0.25, 0.3) is 0 Å². The fourth-order valence-corrected chi connectivity index (χ4v) is 28.7. The van der Waals surface area contributed by atoms with Crippen molar-refractivity contribution >= 4 is 6.29 Å². The topological polar surface area (TPSA) is 101 Å². The number of ether oxygens (including phenoxy) is 6. The highest BCUT2D eigenvalue weighted by molar-refractivity contribution is 5.51. The van der Waals surface area contributed by atoms with Crippen molar-refractivity contribution < 1.29 is 33.2 Å². The fourth-order valence-electron chi connectivity index (χ4n) is 28.7. The third kappa shape index (κ3) is 16.5. The Morgan fingerprint density at radius 3 is 0.991 bits per heavy atom. The van der Waals surface area contributed by atoms with Crippen LogP contribution in [0, 0.1) is 85.8 Å². The molecule has 18 rings (SSSR count). The second kappa shape index (κ2) is 34.8. The van der Waals surface area contributed by atoms with E-state index in [1.807, 2.05) is 0 Å². The number of nitrogens with zero attached hydrogens (tertiary/aromatic N) is 5. The number of rotatable bonds is 14. The molecule has 1 N–H and O–H groups in total. The van der Waals surface area contributed by atoms with Crippen LogP contribution < -0.4 is 5.32 Å². The predicted molar refractivity (Wildman–Crippen MR) is 429 cm³/mol. The summed E-state index contributed by atoms with van der Waals surface area (Å²) in [5, 5.41) is 3.41. The Bertz CT molecular complexity index is 2730. The summed E-state index contributed by atoms with van der Waals surface area (Å²) in [4.78, 5) is 25.1. The lowest BCUT2D eigenvalue weighted by molar-refractivity contribution is -0.316. The summed E-state index contributed by atoms with van der Waals surface area (Å²) >= 11 is 0. The number of hydrogen-bond donors (Lipinski definition) is 1. The van der Waals surface area contributed by atoms with Gasteiger partial charge in [-0.1, -0.05) is 117 Å². The molecule has 9 aliphatic heterocycles. The van der Waals surface area contributed by atoms with Crippen molar-refractivity contribution in [2.24, 2.45) is 85.8 Å². The van der Waals surface area contributed by atoms with Gasteiger partial charge in [0.2, 0.25) is 0 Å². The molecule has 18 fully saturated rings. The maximum absolute atomic E-state index is 11.3. The Balaban J connectivity index is 0.000000120. The van der Waals surface area contributed by atoms with Crippen LogP contribution in [0.4, 0.5) is 0 Å². The van der Waals surface area contributed by atoms with Gasteiger partial charge in [0, 0.05) is 58.5 Å². The van der Waals surface area contributed by atoms with Crippen molar-refractivity contribution in [1.29, 1.82) is 0 Å². The lowest BCUT2D eigenvalue weighted by Gasteiger charge is -2.63. The van der Waals surface area contributed by atoms with E-state index in [9.17, 15) is 4.79 Å². The normalized spacial score (nSPS) is 43.7. The van der Waals surface area contributed by atoms with Gasteiger partial charge < -0.3 is 63.0 Å². The molecule has 0 amide bonds. The molecule has 600 valence electrons. The maximum atomic E-state index is 11.3. The molecule has 0 aromatic carbocycles. The molecule has 0 bridgehead atoms. The molecule has 9 aliphatic carbocycles. The maximum Gasteiger partial charge on any atom is 0.160 e. The van der Waals surface area contributed by atoms with Crippen molar-refractivity contribution in [3.63, 3.8) is 0 Å². The number of fused-ring (bicyclic) bond motifs is 9. The van der Waals surface area contributed by atoms with Crippen molar-refractivity contribution in [2.75, 3.05) is 111 Å². The minimum Gasteiger partial charge on any atom is -0.352 e. The molecule has 0 radical (unpaired) electrons. The highest BCUT2D eigenvalue weighted by atomic mass is 16.7. The number of aldehydes is 1. The van der Waals surface area contributed by atoms with Gasteiger partial charge >= 0.3 is 0 Å². The summed E-state index contributed by atoms with van der Waals surface area (Å²) < 4.78 is 39.6. The van der Waals surface area contributed by atoms with E-state index in [2.05, 4.69) is 91.1 Å². The first-order chi connectivity index (χ1) is 51.4. The summed E-state index contributed by atoms with van der Waals surface area (Å²) in [6, 6.07) is 2.63. The van der Waals surface area contributed by atoms with Gasteiger partial charge in [0.05, 0.1) is 38.1 Å². The van der Waals surface area contributed by atoms with E-state index in [-0.39, 0.29) is 40.5 Å². The molecule has 0 aromatic heterocycles. The molecule has 106 heavy (non-hydrogen) atoms. The first kappa shape index (κ1) is 79.6. The summed E-state index contributed by atoms with van der Waals surface area (Å²) in [5.74, 6) is 5.46. The largest absolute Gasteiger partial charge is 0.352 e. The van der Waals surface area contributed by atoms with Crippen LogP contribution in [0.2, 0.25) is 0 Å². The zero-order valence-electron chi connectivity index (χ0n) is 68.8. The quantitative estimate of drug-likeness (QED) is 0.132. The Labute approximate surface area is 646 Å². The number of likely N-dealkylation sites (tertiary alicyclic amines) is 5. The molecular formula is C93H156N6O7. The van der Waals surface area contributed by atoms with Gasteiger partial charge in [-0.3, -0.25) is 0 Å². The standard InChI is InChI=1S/2C31H52N2O2.C22H34O3.C9H18N2/c2*1-23-10-11-27-30(2,16-12-28-31(27,3)22-34-29(35-28)24-8-4-5-9-24)26(23)15-21-32-19-13-25(14-20-32)33-17-6-7-18-33;1-15-8-9-18-21(2,17(15)11-13-23)12-10-19-22(18,3)14-24-20(25-19)16-6-4-5-7-16;1-2-8-11(7-1)9-3-5-10-6-4-9/h2*24-29H,1,4-22H2,2-3H3;13,16-20H,1,4-12,14H2,2-3H3;9-10H,1-8H2/t2*26-,27?,28-,29-,30+,31+;17-,18?,19-,20-,21+,22+;/m111./s1. The van der Waals surface area contributed by atoms with Crippen LogP contribution >= 0.6 is 0 Å². The Kier molecular flexibility index (Phi) is 26.2. The number of allylic oxidation sites excluding steroid dienone is 3. The zero-order valence-corrected chi connectivity index (χ0v) is 68.8. The second-order valence-corrected chi connectivity index (χ2v) is 40.9. The summed E-state index contributed by atoms with van der Waals surface area (Å²) in [5.41, 5.74) is 5.62. The molecule has 18 aliphatic rings. The Hall–Kier alpha value is -1.59. The molecule has 9 heterocycles. The van der Waals surface area contributed by atoms with Crippen molar-refractivity contribution in [3.8, 4) is 0 Å². The third-order valence-corrected chi connectivity index (χ3v) is 35.1. The van der Waals surface area contributed by atoms with Crippen molar-refractivity contribution in [2.45, 2.75) is 347 Å². The molecule has 13 nitrogen and oxygen atoms in total. The molecular weight excluding hydrogens is 1310 g/mol. The highest BCUT2D eigenvalue weighted by Crippen LogP contribution is 2.67. The van der Waals surface area contributed by atoms with E-state index in [1.54, 1.807) is 11.1 Å². The average Bonchev–Trinajstić information content (AvgIpc) is 1.10. The Morgan fingerprint density at radius 2 is 0.670 bits per heavy atom. The molecule has 0 aromatic rings. The second-order valence-electron chi connectivity index (χ2n) is 40.9. The lowest BCUT2D eigenvalue weighted by atomic mass is 9.46. The van der Waals surface area contributed by atoms with Crippen LogP contribution in [0.25, 0.3) is 0 Å². The summed E-state index contributed by atoms with van der Waals surface area (Å²) in [6.07, 6.45) is 52.6. The van der Waals surface area contributed by atoms with Gasteiger partial charge in [-0.05, 0) is 349 Å². The van der Waals surface area contributed by atoms with E-state index in [4.69, 9.17) is 28.4 Å². The molecule has 18 atom stereocenters. The predicted octanol–water partition coefficient (Wildman–Crippen LogP) is 18.2. The van der Waals surface area contributed by atoms with E-state index in [0.29, 0.717) is 88.8 Å². The van der Waals surface area contributed by atoms with Crippen LogP contribution in [0.15, 0.2) is 36.5 Å². The van der Waals surface area contributed by atoms with Crippen LogP contribution in [0.5, 0.6) is 0 Å². The van der Waals surface area contributed by atoms with Gasteiger partial charge in [-0.2, -0.15) is 0 Å². The summed E-state index contributed by atoms with van der Waals surface area (Å²) in [7, 11) is 0. The molecule has 3 unspecified atom stereocenters. The molecule has 9 saturated heterocycles. The van der Waals surface area contributed by atoms with Gasteiger partial charge in [0.1, 0.15) is 6.29 Å². The minimum atomic E-state index is 0.0225. The number of carbonyl (C=O) groups excluding carboxylic acids is 1. The first-order valence-electron chi connectivity index (χ1n) is 46.1. The SMILES string of the molecule is C1CCN(C2CCNCC2)C1.C=C1CCC2[C@]3(C)CO[C@@H](C4CCCC4)O[C@@H]3CC[C@@]2(C)[C@@H]1CC=O.C=C1CCC2[C@]3(C)CO[C@@H](C4CCCC4)O[C@@H]3CC[C@@]2(C)[C@@H]1CCN1CCC(N2CCCC2)CC1.C=C1CCC2[C@]3(C)CO[C@@H](C4CCCC4)O[C@@H]3CC[C@@]2(C)[C@@H]1CCN1CCC(N2CCCC2)CC1. The van der Waals surface area contributed by atoms with Gasteiger partial charge in [-0.25, -0.2) is 0 Å². The number of hydrogen-bond acceptors (Lipinski definition) is 13. The van der Waals surface area contributed by atoms with Crippen molar-refractivity contribution in [1.82, 2.24) is 29.8 Å². The van der Waals surface area contributed by atoms with E-state index >= 15 is 0 Å². The number of piperidine rings is 3. The molecule has 13 heteroatoms. The summed E-state index contributed by atoms with van der Waals surface area (Å²) in [6.45, 7) is 49.6. The van der Waals surface area contributed by atoms with Crippen molar-refractivity contribution in [3.05, 3.63) is 36.5 Å². The third-order valence-electron chi connectivity index (χ3n) is 35.1. The minimum absolute atomic E-state index is 0.0225. The Morgan fingerprint density at radius 1 is 0.368 bits per heavy atom. The van der Waals surface area contributed by atoms with E-state index < -0.39 is 0 Å². The van der Waals surface area contributed by atoms with Gasteiger partial charge in [-0.15, -0.1) is 0 Å². The monoisotopic (exact) mass is 1470 g/mol. The van der Waals surface area contributed by atoms with E-state index in [1.165, 1.54) is 322 Å². The number of nitrogens with one attached hydrogen (secondary N) is 1. The fraction of sp³-hybridized carbons (Fsp3) is 0.925. The number of carbonyl (C=O) groups is 1. The van der Waals surface area contributed by atoms with Crippen LogP contribution in [0.3, 0.4) is 0 Å². The van der Waals surface area contributed by atoms with Crippen LogP contribution in [0.1, 0.15) is 292 Å². The lowest BCUT2D eigenvalue weighted by Crippen LogP contribution is -2.62. The van der Waals surface area contributed by atoms with Gasteiger partial charge in [0.15, 0.2) is 18.9 Å². The van der Waals surface area contributed by atoms with Crippen LogP contribution in [-0.2, 0) is 33.2 Å². The zero-order chi connectivity index (χ0) is 73.3. The smallest absolute Gasteiger partial charge is 0.160 e. The average molecular weight is 1470 g/mol. The van der Waals surface area contributed by atoms with Crippen LogP contribution in [-0.4, -0.2) is 198 Å². The highest BCUT2D eigenvalue weighted by Gasteiger charge is 2.64. The first-order valence-corrected chi connectivity index (χ1v) is 46.1. The molecule has 9 saturated carbocycles.